The van der Waals surface area contributed by atoms with Crippen LogP contribution in [0.4, 0.5) is 14.5 Å². The largest absolute Gasteiger partial charge is 0.325 e. The molecule has 0 bridgehead atoms. The molecule has 0 heterocycles. The Morgan fingerprint density at radius 3 is 2.57 bits per heavy atom. The zero-order chi connectivity index (χ0) is 15.4. The third kappa shape index (κ3) is 4.29. The second kappa shape index (κ2) is 6.72. The number of carbonyl (C=O) groups is 1. The molecule has 0 aromatic heterocycles. The van der Waals surface area contributed by atoms with Gasteiger partial charge in [-0.05, 0) is 37.6 Å². The Hall–Kier alpha value is -1.88. The molecule has 110 valence electrons. The molecule has 0 aliphatic carbocycles. The third-order valence-corrected chi connectivity index (χ3v) is 4.06. The predicted octanol–water partition coefficient (Wildman–Crippen LogP) is 4.31. The van der Waals surface area contributed by atoms with Crippen molar-refractivity contribution in [2.45, 2.75) is 18.7 Å². The van der Waals surface area contributed by atoms with Gasteiger partial charge in [-0.1, -0.05) is 17.7 Å². The van der Waals surface area contributed by atoms with E-state index in [9.17, 15) is 13.6 Å². The molecule has 0 saturated carbocycles. The third-order valence-electron chi connectivity index (χ3n) is 2.91. The molecule has 0 radical (unpaired) electrons. The number of carbonyl (C=O) groups excluding carboxylic acids is 1. The summed E-state index contributed by atoms with van der Waals surface area (Å²) < 4.78 is 25.8. The van der Waals surface area contributed by atoms with Crippen LogP contribution in [0.2, 0.25) is 0 Å². The van der Waals surface area contributed by atoms with E-state index < -0.39 is 11.6 Å². The van der Waals surface area contributed by atoms with E-state index in [1.54, 1.807) is 0 Å². The minimum Gasteiger partial charge on any atom is -0.325 e. The van der Waals surface area contributed by atoms with Crippen LogP contribution in [0, 0.1) is 25.5 Å². The van der Waals surface area contributed by atoms with Gasteiger partial charge in [0.2, 0.25) is 5.91 Å². The van der Waals surface area contributed by atoms with E-state index in [1.165, 1.54) is 17.8 Å². The van der Waals surface area contributed by atoms with Gasteiger partial charge in [0.15, 0.2) is 11.6 Å². The summed E-state index contributed by atoms with van der Waals surface area (Å²) in [6, 6.07) is 9.33. The number of rotatable bonds is 4. The summed E-state index contributed by atoms with van der Waals surface area (Å²) in [5.74, 6) is -1.96. The second-order valence-electron chi connectivity index (χ2n) is 4.73. The van der Waals surface area contributed by atoms with Gasteiger partial charge in [0.05, 0.1) is 5.75 Å². The van der Waals surface area contributed by atoms with E-state index in [1.807, 2.05) is 32.0 Å². The molecule has 0 spiro atoms. The Kier molecular flexibility index (Phi) is 4.96. The fourth-order valence-corrected chi connectivity index (χ4v) is 2.70. The molecule has 0 aliphatic heterocycles. The lowest BCUT2D eigenvalue weighted by atomic mass is 10.2. The molecule has 21 heavy (non-hydrogen) atoms. The first-order valence-electron chi connectivity index (χ1n) is 6.40. The summed E-state index contributed by atoms with van der Waals surface area (Å²) >= 11 is 1.42. The molecule has 0 aliphatic rings. The van der Waals surface area contributed by atoms with Crippen LogP contribution in [-0.4, -0.2) is 11.7 Å². The Bertz CT molecular complexity index is 673. The lowest BCUT2D eigenvalue weighted by molar-refractivity contribution is -0.113. The summed E-state index contributed by atoms with van der Waals surface area (Å²) in [4.78, 5) is 12.9. The molecule has 2 rings (SSSR count). The van der Waals surface area contributed by atoms with Crippen LogP contribution in [0.3, 0.4) is 0 Å². The topological polar surface area (TPSA) is 29.1 Å². The minimum atomic E-state index is -0.977. The van der Waals surface area contributed by atoms with Crippen molar-refractivity contribution in [1.82, 2.24) is 0 Å². The SMILES string of the molecule is Cc1ccc(C)c(SCC(=O)Nc2ccc(F)c(F)c2)c1. The van der Waals surface area contributed by atoms with Crippen molar-refractivity contribution in [1.29, 1.82) is 0 Å². The van der Waals surface area contributed by atoms with Crippen LogP contribution in [0.25, 0.3) is 0 Å². The first kappa shape index (κ1) is 15.5. The van der Waals surface area contributed by atoms with E-state index >= 15 is 0 Å². The molecular weight excluding hydrogens is 292 g/mol. The number of halogens is 2. The highest BCUT2D eigenvalue weighted by molar-refractivity contribution is 8.00. The molecule has 2 nitrogen and oxygen atoms in total. The van der Waals surface area contributed by atoms with Gasteiger partial charge in [-0.15, -0.1) is 11.8 Å². The summed E-state index contributed by atoms with van der Waals surface area (Å²) in [6.45, 7) is 3.97. The van der Waals surface area contributed by atoms with Crippen LogP contribution in [0.1, 0.15) is 11.1 Å². The molecule has 2 aromatic rings. The maximum absolute atomic E-state index is 13.0. The summed E-state index contributed by atoms with van der Waals surface area (Å²) in [5, 5.41) is 2.55. The number of anilines is 1. The number of thioether (sulfide) groups is 1. The lowest BCUT2D eigenvalue weighted by Gasteiger charge is -2.08. The highest BCUT2D eigenvalue weighted by atomic mass is 32.2. The molecule has 1 N–H and O–H groups in total. The Labute approximate surface area is 126 Å². The number of hydrogen-bond donors (Lipinski definition) is 1. The standard InChI is InChI=1S/C16H15F2NOS/c1-10-3-4-11(2)15(7-10)21-9-16(20)19-12-5-6-13(17)14(18)8-12/h3-8H,9H2,1-2H3,(H,19,20). The first-order chi connectivity index (χ1) is 9.95. The van der Waals surface area contributed by atoms with E-state index in [0.717, 1.165) is 28.2 Å². The molecule has 5 heteroatoms. The van der Waals surface area contributed by atoms with E-state index in [-0.39, 0.29) is 17.3 Å². The van der Waals surface area contributed by atoms with Gasteiger partial charge in [0.25, 0.3) is 0 Å². The van der Waals surface area contributed by atoms with Crippen molar-refractivity contribution in [3.05, 3.63) is 59.2 Å². The Balaban J connectivity index is 1.95. The second-order valence-corrected chi connectivity index (χ2v) is 5.75. The highest BCUT2D eigenvalue weighted by Crippen LogP contribution is 2.23. The summed E-state index contributed by atoms with van der Waals surface area (Å²) in [5.41, 5.74) is 2.48. The predicted molar refractivity (Wildman–Crippen MR) is 81.6 cm³/mol. The zero-order valence-corrected chi connectivity index (χ0v) is 12.6. The van der Waals surface area contributed by atoms with E-state index in [4.69, 9.17) is 0 Å². The van der Waals surface area contributed by atoms with E-state index in [0.29, 0.717) is 0 Å². The van der Waals surface area contributed by atoms with Crippen LogP contribution in [0.15, 0.2) is 41.3 Å². The van der Waals surface area contributed by atoms with Crippen molar-refractivity contribution in [3.8, 4) is 0 Å². The molecular formula is C16H15F2NOS. The van der Waals surface area contributed by atoms with Crippen LogP contribution < -0.4 is 5.32 Å². The van der Waals surface area contributed by atoms with Crippen molar-refractivity contribution in [2.24, 2.45) is 0 Å². The van der Waals surface area contributed by atoms with Gasteiger partial charge < -0.3 is 5.32 Å². The summed E-state index contributed by atoms with van der Waals surface area (Å²) in [7, 11) is 0. The Morgan fingerprint density at radius 1 is 1.10 bits per heavy atom. The molecule has 1 amide bonds. The molecule has 0 saturated heterocycles. The maximum atomic E-state index is 13.0. The van der Waals surface area contributed by atoms with Crippen molar-refractivity contribution in [2.75, 3.05) is 11.1 Å². The average molecular weight is 307 g/mol. The minimum absolute atomic E-state index is 0.212. The van der Waals surface area contributed by atoms with Crippen LogP contribution in [0.5, 0.6) is 0 Å². The molecule has 0 fully saturated rings. The fourth-order valence-electron chi connectivity index (χ4n) is 1.78. The quantitative estimate of drug-likeness (QED) is 0.853. The molecule has 2 aromatic carbocycles. The normalized spacial score (nSPS) is 10.5. The van der Waals surface area contributed by atoms with E-state index in [2.05, 4.69) is 5.32 Å². The molecule has 0 atom stereocenters. The Morgan fingerprint density at radius 2 is 1.86 bits per heavy atom. The van der Waals surface area contributed by atoms with Crippen LogP contribution in [-0.2, 0) is 4.79 Å². The number of hydrogen-bond acceptors (Lipinski definition) is 2. The average Bonchev–Trinajstić information content (AvgIpc) is 2.44. The molecule has 0 unspecified atom stereocenters. The van der Waals surface area contributed by atoms with Gasteiger partial charge in [-0.3, -0.25) is 4.79 Å². The number of benzene rings is 2. The van der Waals surface area contributed by atoms with Gasteiger partial charge >= 0.3 is 0 Å². The van der Waals surface area contributed by atoms with Crippen LogP contribution >= 0.6 is 11.8 Å². The van der Waals surface area contributed by atoms with Gasteiger partial charge in [0.1, 0.15) is 0 Å². The van der Waals surface area contributed by atoms with Gasteiger partial charge in [0, 0.05) is 16.6 Å². The maximum Gasteiger partial charge on any atom is 0.234 e. The van der Waals surface area contributed by atoms with Crippen molar-refractivity contribution >= 4 is 23.4 Å². The van der Waals surface area contributed by atoms with Crippen molar-refractivity contribution < 1.29 is 13.6 Å². The number of amides is 1. The number of nitrogens with one attached hydrogen (secondary N) is 1. The van der Waals surface area contributed by atoms with Gasteiger partial charge in [-0.2, -0.15) is 0 Å². The first-order valence-corrected chi connectivity index (χ1v) is 7.39. The van der Waals surface area contributed by atoms with Crippen molar-refractivity contribution in [3.63, 3.8) is 0 Å². The van der Waals surface area contributed by atoms with Gasteiger partial charge in [-0.25, -0.2) is 8.78 Å². The summed E-state index contributed by atoms with van der Waals surface area (Å²) in [6.07, 6.45) is 0. The lowest BCUT2D eigenvalue weighted by Crippen LogP contribution is -2.14. The number of aryl methyl sites for hydroxylation is 2. The smallest absolute Gasteiger partial charge is 0.234 e. The zero-order valence-electron chi connectivity index (χ0n) is 11.7. The monoisotopic (exact) mass is 307 g/mol. The highest BCUT2D eigenvalue weighted by Gasteiger charge is 2.08. The fraction of sp³-hybridized carbons (Fsp3) is 0.188.